The minimum atomic E-state index is -0.445. The number of azo groups is 1. The van der Waals surface area contributed by atoms with Crippen molar-refractivity contribution in [1.29, 1.82) is 0 Å². The molecule has 0 atom stereocenters. The fourth-order valence-corrected chi connectivity index (χ4v) is 3.02. The number of amides is 1. The van der Waals surface area contributed by atoms with Crippen LogP contribution in [0.1, 0.15) is 23.9 Å². The van der Waals surface area contributed by atoms with Gasteiger partial charge >= 0.3 is 6.09 Å². The van der Waals surface area contributed by atoms with E-state index in [2.05, 4.69) is 49.5 Å². The van der Waals surface area contributed by atoms with Crippen molar-refractivity contribution < 1.29 is 14.3 Å². The SMILES string of the molecule is CCNC(=O)OCCc1nc(N=NCc2cccc(C)c2)cc(N2CCOCC2)n1. The zero-order valence-corrected chi connectivity index (χ0v) is 17.5. The highest BCUT2D eigenvalue weighted by Gasteiger charge is 2.15. The van der Waals surface area contributed by atoms with Crippen LogP contribution in [0.25, 0.3) is 0 Å². The fraction of sp³-hybridized carbons (Fsp3) is 0.476. The van der Waals surface area contributed by atoms with Gasteiger partial charge in [-0.2, -0.15) is 5.11 Å². The van der Waals surface area contributed by atoms with Crippen LogP contribution in [-0.2, 0) is 22.4 Å². The Bertz CT molecular complexity index is 868. The van der Waals surface area contributed by atoms with E-state index in [0.29, 0.717) is 44.4 Å². The van der Waals surface area contributed by atoms with Crippen molar-refractivity contribution in [2.75, 3.05) is 44.4 Å². The number of anilines is 1. The van der Waals surface area contributed by atoms with E-state index in [-0.39, 0.29) is 6.61 Å². The molecule has 1 aliphatic heterocycles. The second-order valence-electron chi connectivity index (χ2n) is 6.90. The maximum absolute atomic E-state index is 11.5. The Morgan fingerprint density at radius 2 is 2.10 bits per heavy atom. The fourth-order valence-electron chi connectivity index (χ4n) is 3.02. The molecular formula is C21H28N6O3. The molecule has 3 rings (SSSR count). The first-order valence-corrected chi connectivity index (χ1v) is 10.2. The molecule has 160 valence electrons. The van der Waals surface area contributed by atoms with Crippen LogP contribution in [-0.4, -0.2) is 55.5 Å². The molecule has 2 heterocycles. The number of rotatable bonds is 8. The van der Waals surface area contributed by atoms with Gasteiger partial charge in [-0.3, -0.25) is 0 Å². The number of alkyl carbamates (subject to hydrolysis) is 1. The van der Waals surface area contributed by atoms with Crippen LogP contribution in [0.4, 0.5) is 16.4 Å². The molecule has 30 heavy (non-hydrogen) atoms. The van der Waals surface area contributed by atoms with Gasteiger partial charge < -0.3 is 19.7 Å². The number of aryl methyl sites for hydroxylation is 1. The van der Waals surface area contributed by atoms with Crippen molar-refractivity contribution >= 4 is 17.7 Å². The Hall–Kier alpha value is -3.07. The summed E-state index contributed by atoms with van der Waals surface area (Å²) in [6.45, 7) is 7.91. The van der Waals surface area contributed by atoms with E-state index < -0.39 is 6.09 Å². The molecule has 9 nitrogen and oxygen atoms in total. The lowest BCUT2D eigenvalue weighted by molar-refractivity contribution is 0.122. The van der Waals surface area contributed by atoms with Crippen LogP contribution >= 0.6 is 0 Å². The normalized spacial score (nSPS) is 14.1. The molecule has 0 saturated carbocycles. The number of nitrogens with one attached hydrogen (secondary N) is 1. The molecule has 1 aromatic heterocycles. The van der Waals surface area contributed by atoms with Gasteiger partial charge in [0.2, 0.25) is 0 Å². The zero-order chi connectivity index (χ0) is 21.2. The topological polar surface area (TPSA) is 101 Å². The summed E-state index contributed by atoms with van der Waals surface area (Å²) in [6, 6.07) is 10.00. The number of benzene rings is 1. The second kappa shape index (κ2) is 11.2. The van der Waals surface area contributed by atoms with Crippen LogP contribution < -0.4 is 10.2 Å². The van der Waals surface area contributed by atoms with Gasteiger partial charge in [-0.1, -0.05) is 29.8 Å². The lowest BCUT2D eigenvalue weighted by Crippen LogP contribution is -2.37. The summed E-state index contributed by atoms with van der Waals surface area (Å²) in [7, 11) is 0. The average molecular weight is 412 g/mol. The highest BCUT2D eigenvalue weighted by molar-refractivity contribution is 5.66. The highest BCUT2D eigenvalue weighted by atomic mass is 16.5. The van der Waals surface area contributed by atoms with Crippen LogP contribution in [0.2, 0.25) is 0 Å². The molecule has 1 aliphatic rings. The Labute approximate surface area is 176 Å². The summed E-state index contributed by atoms with van der Waals surface area (Å²) in [5.41, 5.74) is 2.28. The average Bonchev–Trinajstić information content (AvgIpc) is 2.75. The molecule has 1 amide bonds. The molecule has 0 spiro atoms. The van der Waals surface area contributed by atoms with Crippen molar-refractivity contribution in [3.8, 4) is 0 Å². The van der Waals surface area contributed by atoms with Crippen molar-refractivity contribution in [2.45, 2.75) is 26.8 Å². The minimum Gasteiger partial charge on any atom is -0.449 e. The predicted octanol–water partition coefficient (Wildman–Crippen LogP) is 3.19. The van der Waals surface area contributed by atoms with Gasteiger partial charge in [-0.15, -0.1) is 5.11 Å². The third kappa shape index (κ3) is 6.77. The third-order valence-corrected chi connectivity index (χ3v) is 4.47. The second-order valence-corrected chi connectivity index (χ2v) is 6.90. The van der Waals surface area contributed by atoms with E-state index in [1.54, 1.807) is 0 Å². The van der Waals surface area contributed by atoms with Crippen LogP contribution in [0.5, 0.6) is 0 Å². The van der Waals surface area contributed by atoms with Gasteiger partial charge in [0.15, 0.2) is 5.82 Å². The van der Waals surface area contributed by atoms with Crippen LogP contribution in [0, 0.1) is 6.92 Å². The van der Waals surface area contributed by atoms with Crippen molar-refractivity contribution in [3.05, 3.63) is 47.3 Å². The standard InChI is InChI=1S/C21H28N6O3/c1-3-22-21(28)30-10-7-18-24-19(14-20(25-18)27-8-11-29-12-9-27)26-23-15-17-6-4-5-16(2)13-17/h4-6,13-14H,3,7-12,15H2,1-2H3,(H,22,28). The number of ether oxygens (including phenoxy) is 2. The van der Waals surface area contributed by atoms with Gasteiger partial charge in [0.1, 0.15) is 18.2 Å². The number of carbonyl (C=O) groups excluding carboxylic acids is 1. The van der Waals surface area contributed by atoms with Gasteiger partial charge in [-0.25, -0.2) is 14.8 Å². The number of morpholine rings is 1. The zero-order valence-electron chi connectivity index (χ0n) is 17.5. The number of hydrogen-bond donors (Lipinski definition) is 1. The maximum Gasteiger partial charge on any atom is 0.407 e. The van der Waals surface area contributed by atoms with Gasteiger partial charge in [0.25, 0.3) is 0 Å². The number of carbonyl (C=O) groups is 1. The van der Waals surface area contributed by atoms with Crippen LogP contribution in [0.3, 0.4) is 0 Å². The highest BCUT2D eigenvalue weighted by Crippen LogP contribution is 2.20. The molecule has 0 radical (unpaired) electrons. The van der Waals surface area contributed by atoms with Gasteiger partial charge in [0, 0.05) is 32.1 Å². The van der Waals surface area contributed by atoms with Crippen molar-refractivity contribution in [1.82, 2.24) is 15.3 Å². The van der Waals surface area contributed by atoms with Crippen molar-refractivity contribution in [3.63, 3.8) is 0 Å². The first kappa shape index (κ1) is 21.6. The molecule has 2 aromatic rings. The lowest BCUT2D eigenvalue weighted by atomic mass is 10.1. The van der Waals surface area contributed by atoms with E-state index in [0.717, 1.165) is 24.5 Å². The van der Waals surface area contributed by atoms with Gasteiger partial charge in [0.05, 0.1) is 19.8 Å². The van der Waals surface area contributed by atoms with Gasteiger partial charge in [-0.05, 0) is 19.4 Å². The number of nitrogens with zero attached hydrogens (tertiary/aromatic N) is 5. The number of aromatic nitrogens is 2. The minimum absolute atomic E-state index is 0.193. The van der Waals surface area contributed by atoms with E-state index in [9.17, 15) is 4.79 Å². The molecule has 9 heteroatoms. The monoisotopic (exact) mass is 412 g/mol. The molecule has 0 aliphatic carbocycles. The maximum atomic E-state index is 11.5. The Morgan fingerprint density at radius 1 is 1.27 bits per heavy atom. The van der Waals surface area contributed by atoms with Crippen LogP contribution in [0.15, 0.2) is 40.6 Å². The first-order chi connectivity index (χ1) is 14.6. The summed E-state index contributed by atoms with van der Waals surface area (Å²) in [5.74, 6) is 1.84. The number of hydrogen-bond acceptors (Lipinski definition) is 8. The quantitative estimate of drug-likeness (QED) is 0.668. The van der Waals surface area contributed by atoms with E-state index in [1.807, 2.05) is 25.1 Å². The summed E-state index contributed by atoms with van der Waals surface area (Å²) < 4.78 is 10.6. The first-order valence-electron chi connectivity index (χ1n) is 10.2. The molecule has 0 bridgehead atoms. The Kier molecular flexibility index (Phi) is 8.08. The summed E-state index contributed by atoms with van der Waals surface area (Å²) >= 11 is 0. The summed E-state index contributed by atoms with van der Waals surface area (Å²) in [4.78, 5) is 22.7. The smallest absolute Gasteiger partial charge is 0.407 e. The molecule has 1 fully saturated rings. The Morgan fingerprint density at radius 3 is 2.87 bits per heavy atom. The van der Waals surface area contributed by atoms with E-state index >= 15 is 0 Å². The largest absolute Gasteiger partial charge is 0.449 e. The molecular weight excluding hydrogens is 384 g/mol. The molecule has 1 saturated heterocycles. The molecule has 1 aromatic carbocycles. The van der Waals surface area contributed by atoms with E-state index in [1.165, 1.54) is 5.56 Å². The molecule has 1 N–H and O–H groups in total. The summed E-state index contributed by atoms with van der Waals surface area (Å²) in [6.07, 6.45) is -0.0460. The van der Waals surface area contributed by atoms with Crippen molar-refractivity contribution in [2.24, 2.45) is 10.2 Å². The molecule has 0 unspecified atom stereocenters. The Balaban J connectivity index is 1.71. The summed E-state index contributed by atoms with van der Waals surface area (Å²) in [5, 5.41) is 11.2. The third-order valence-electron chi connectivity index (χ3n) is 4.47. The predicted molar refractivity (Wildman–Crippen MR) is 113 cm³/mol. The lowest BCUT2D eigenvalue weighted by Gasteiger charge is -2.28. The van der Waals surface area contributed by atoms with E-state index in [4.69, 9.17) is 9.47 Å².